The zero-order chi connectivity index (χ0) is 18.2. The number of ether oxygens (including phenoxy) is 1. The summed E-state index contributed by atoms with van der Waals surface area (Å²) in [6.45, 7) is 10.0. The van der Waals surface area contributed by atoms with E-state index in [1.165, 1.54) is 0 Å². The van der Waals surface area contributed by atoms with Crippen LogP contribution in [-0.4, -0.2) is 61.3 Å². The molecule has 1 atom stereocenters. The first-order valence-corrected chi connectivity index (χ1v) is 9.96. The van der Waals surface area contributed by atoms with Crippen molar-refractivity contribution in [3.63, 3.8) is 0 Å². The molecule has 0 aromatic carbocycles. The summed E-state index contributed by atoms with van der Waals surface area (Å²) >= 11 is 1.62. The Bertz CT molecular complexity index is 686. The van der Waals surface area contributed by atoms with Crippen molar-refractivity contribution in [2.24, 2.45) is 4.99 Å². The summed E-state index contributed by atoms with van der Waals surface area (Å²) in [6, 6.07) is 4.42. The molecule has 0 saturated carbocycles. The van der Waals surface area contributed by atoms with Gasteiger partial charge in [0.1, 0.15) is 12.0 Å². The van der Waals surface area contributed by atoms with Gasteiger partial charge in [0.05, 0.1) is 24.6 Å². The maximum Gasteiger partial charge on any atom is 0.236 e. The Hall–Kier alpha value is -1.17. The highest BCUT2D eigenvalue weighted by Crippen LogP contribution is 2.23. The summed E-state index contributed by atoms with van der Waals surface area (Å²) in [6.07, 6.45) is 1.68. The molecule has 3 rings (SSSR count). The predicted octanol–water partition coefficient (Wildman–Crippen LogP) is 2.80. The minimum Gasteiger partial charge on any atom is -0.443 e. The molecule has 7 nitrogen and oxygen atoms in total. The minimum absolute atomic E-state index is 0. The van der Waals surface area contributed by atoms with E-state index >= 15 is 0 Å². The third-order valence-corrected chi connectivity index (χ3v) is 5.12. The number of oxazole rings is 1. The first-order chi connectivity index (χ1) is 12.8. The van der Waals surface area contributed by atoms with E-state index in [4.69, 9.17) is 9.15 Å². The second-order valence-electron chi connectivity index (χ2n) is 6.19. The van der Waals surface area contributed by atoms with Crippen LogP contribution in [0.2, 0.25) is 0 Å². The van der Waals surface area contributed by atoms with E-state index in [0.29, 0.717) is 18.5 Å². The number of aliphatic imine (C=N–C) groups is 1. The Labute approximate surface area is 181 Å². The van der Waals surface area contributed by atoms with E-state index in [0.717, 1.165) is 55.9 Å². The lowest BCUT2D eigenvalue weighted by Gasteiger charge is -2.32. The Morgan fingerprint density at radius 2 is 2.19 bits per heavy atom. The molecule has 1 fully saturated rings. The molecule has 0 bridgehead atoms. The van der Waals surface area contributed by atoms with Gasteiger partial charge >= 0.3 is 0 Å². The van der Waals surface area contributed by atoms with Gasteiger partial charge in [0.25, 0.3) is 0 Å². The maximum absolute atomic E-state index is 5.55. The molecule has 1 unspecified atom stereocenters. The van der Waals surface area contributed by atoms with Crippen LogP contribution in [0, 0.1) is 0 Å². The van der Waals surface area contributed by atoms with Gasteiger partial charge in [0.15, 0.2) is 5.96 Å². The van der Waals surface area contributed by atoms with Gasteiger partial charge in [-0.1, -0.05) is 6.07 Å². The third kappa shape index (κ3) is 6.74. The van der Waals surface area contributed by atoms with E-state index in [9.17, 15) is 0 Å². The molecule has 0 amide bonds. The minimum atomic E-state index is 0. The summed E-state index contributed by atoms with van der Waals surface area (Å²) < 4.78 is 11.0. The Morgan fingerprint density at radius 3 is 2.89 bits per heavy atom. The van der Waals surface area contributed by atoms with Gasteiger partial charge in [-0.05, 0) is 25.3 Å². The smallest absolute Gasteiger partial charge is 0.236 e. The largest absolute Gasteiger partial charge is 0.443 e. The molecule has 0 aliphatic carbocycles. The van der Waals surface area contributed by atoms with Crippen LogP contribution < -0.4 is 10.6 Å². The third-order valence-electron chi connectivity index (χ3n) is 4.26. The van der Waals surface area contributed by atoms with Crippen LogP contribution in [0.1, 0.15) is 19.5 Å². The second kappa shape index (κ2) is 11.6. The molecule has 2 aromatic rings. The molecule has 2 N–H and O–H groups in total. The van der Waals surface area contributed by atoms with Crippen molar-refractivity contribution in [1.29, 1.82) is 0 Å². The Balaban J connectivity index is 0.00000261. The number of rotatable bonds is 7. The molecule has 27 heavy (non-hydrogen) atoms. The van der Waals surface area contributed by atoms with E-state index in [2.05, 4.69) is 39.4 Å². The van der Waals surface area contributed by atoms with Crippen molar-refractivity contribution < 1.29 is 9.15 Å². The fourth-order valence-corrected chi connectivity index (χ4v) is 3.44. The van der Waals surface area contributed by atoms with Gasteiger partial charge in [-0.25, -0.2) is 9.98 Å². The van der Waals surface area contributed by atoms with Crippen LogP contribution >= 0.6 is 35.3 Å². The Kier molecular flexibility index (Phi) is 9.52. The molecule has 3 heterocycles. The second-order valence-corrected chi connectivity index (χ2v) is 7.14. The van der Waals surface area contributed by atoms with E-state index in [1.807, 2.05) is 17.5 Å². The van der Waals surface area contributed by atoms with E-state index in [1.54, 1.807) is 17.6 Å². The van der Waals surface area contributed by atoms with Crippen molar-refractivity contribution in [3.8, 4) is 10.8 Å². The fraction of sp³-hybridized carbons (Fsp3) is 0.556. The summed E-state index contributed by atoms with van der Waals surface area (Å²) in [4.78, 5) is 12.6. The quantitative estimate of drug-likeness (QED) is 0.343. The molecule has 2 aromatic heterocycles. The molecule has 0 spiro atoms. The number of hydrogen-bond acceptors (Lipinski definition) is 6. The van der Waals surface area contributed by atoms with Crippen LogP contribution in [0.15, 0.2) is 33.2 Å². The SMILES string of the molecule is CCNC(=NCc1coc(-c2cccs2)n1)NCC(C)N1CCOCC1.I. The lowest BCUT2D eigenvalue weighted by atomic mass is 10.2. The number of thiophene rings is 1. The van der Waals surface area contributed by atoms with E-state index in [-0.39, 0.29) is 24.0 Å². The van der Waals surface area contributed by atoms with Gasteiger partial charge in [0.2, 0.25) is 5.89 Å². The first kappa shape index (κ1) is 22.1. The van der Waals surface area contributed by atoms with Gasteiger partial charge < -0.3 is 19.8 Å². The number of aromatic nitrogens is 1. The van der Waals surface area contributed by atoms with Gasteiger partial charge in [-0.15, -0.1) is 35.3 Å². The molecule has 9 heteroatoms. The van der Waals surface area contributed by atoms with Crippen LogP contribution in [-0.2, 0) is 11.3 Å². The van der Waals surface area contributed by atoms with Crippen LogP contribution in [0.5, 0.6) is 0 Å². The monoisotopic (exact) mass is 505 g/mol. The van der Waals surface area contributed by atoms with E-state index < -0.39 is 0 Å². The summed E-state index contributed by atoms with van der Waals surface area (Å²) in [5, 5.41) is 8.72. The van der Waals surface area contributed by atoms with Crippen LogP contribution in [0.25, 0.3) is 10.8 Å². The lowest BCUT2D eigenvalue weighted by Crippen LogP contribution is -2.49. The summed E-state index contributed by atoms with van der Waals surface area (Å²) in [5.41, 5.74) is 0.826. The zero-order valence-electron chi connectivity index (χ0n) is 15.8. The normalized spacial score (nSPS) is 16.6. The molecule has 1 saturated heterocycles. The van der Waals surface area contributed by atoms with Crippen molar-refractivity contribution in [3.05, 3.63) is 29.5 Å². The highest BCUT2D eigenvalue weighted by Gasteiger charge is 2.17. The predicted molar refractivity (Wildman–Crippen MR) is 120 cm³/mol. The van der Waals surface area contributed by atoms with Gasteiger partial charge in [-0.3, -0.25) is 4.90 Å². The van der Waals surface area contributed by atoms with Crippen molar-refractivity contribution >= 4 is 41.3 Å². The molecular weight excluding hydrogens is 477 g/mol. The topological polar surface area (TPSA) is 74.9 Å². The fourth-order valence-electron chi connectivity index (χ4n) is 2.79. The number of morpholine rings is 1. The molecule has 1 aliphatic rings. The lowest BCUT2D eigenvalue weighted by molar-refractivity contribution is 0.0211. The molecule has 0 radical (unpaired) electrons. The molecular formula is C18H28IN5O2S. The molecule has 1 aliphatic heterocycles. The molecule has 150 valence electrons. The zero-order valence-corrected chi connectivity index (χ0v) is 19.0. The van der Waals surface area contributed by atoms with Gasteiger partial charge in [-0.2, -0.15) is 0 Å². The highest BCUT2D eigenvalue weighted by molar-refractivity contribution is 14.0. The summed E-state index contributed by atoms with van der Waals surface area (Å²) in [7, 11) is 0. The van der Waals surface area contributed by atoms with Crippen molar-refractivity contribution in [1.82, 2.24) is 20.5 Å². The average molecular weight is 505 g/mol. The van der Waals surface area contributed by atoms with Crippen LogP contribution in [0.4, 0.5) is 0 Å². The van der Waals surface area contributed by atoms with Crippen LogP contribution in [0.3, 0.4) is 0 Å². The average Bonchev–Trinajstić information content (AvgIpc) is 3.36. The number of nitrogens with zero attached hydrogens (tertiary/aromatic N) is 3. The number of hydrogen-bond donors (Lipinski definition) is 2. The summed E-state index contributed by atoms with van der Waals surface area (Å²) in [5.74, 6) is 1.46. The Morgan fingerprint density at radius 1 is 1.37 bits per heavy atom. The van der Waals surface area contributed by atoms with Crippen molar-refractivity contribution in [2.45, 2.75) is 26.4 Å². The number of halogens is 1. The standard InChI is InChI=1S/C18H27N5O2S.HI/c1-3-19-18(20-11-14(2)23-6-8-24-9-7-23)21-12-15-13-25-17(22-15)16-5-4-10-26-16;/h4-5,10,13-14H,3,6-9,11-12H2,1-2H3,(H2,19,20,21);1H. The van der Waals surface area contributed by atoms with Gasteiger partial charge in [0, 0.05) is 32.2 Å². The number of nitrogens with one attached hydrogen (secondary N) is 2. The maximum atomic E-state index is 5.55. The highest BCUT2D eigenvalue weighted by atomic mass is 127. The number of guanidine groups is 1. The van der Waals surface area contributed by atoms with Crippen molar-refractivity contribution in [2.75, 3.05) is 39.4 Å². The first-order valence-electron chi connectivity index (χ1n) is 9.08.